The van der Waals surface area contributed by atoms with E-state index in [2.05, 4.69) is 21.0 Å². The van der Waals surface area contributed by atoms with Crippen LogP contribution in [-0.2, 0) is 4.79 Å². The van der Waals surface area contributed by atoms with Gasteiger partial charge in [0, 0.05) is 25.0 Å². The minimum Gasteiger partial charge on any atom is -0.484 e. The predicted molar refractivity (Wildman–Crippen MR) is 102 cm³/mol. The van der Waals surface area contributed by atoms with Crippen molar-refractivity contribution in [3.05, 3.63) is 42.2 Å². The van der Waals surface area contributed by atoms with Crippen molar-refractivity contribution in [3.8, 4) is 5.75 Å². The molecule has 0 bridgehead atoms. The molecule has 3 N–H and O–H groups in total. The topological polar surface area (TPSA) is 97.3 Å². The minimum atomic E-state index is -0.256. The summed E-state index contributed by atoms with van der Waals surface area (Å²) >= 11 is 0. The molecule has 8 nitrogen and oxygen atoms in total. The van der Waals surface area contributed by atoms with Gasteiger partial charge >= 0.3 is 0 Å². The number of piperidine rings is 1. The first-order valence-electron chi connectivity index (χ1n) is 9.22. The second kappa shape index (κ2) is 9.18. The molecular weight excluding hydrogens is 346 g/mol. The summed E-state index contributed by atoms with van der Waals surface area (Å²) in [6, 6.07) is 8.90. The first-order chi connectivity index (χ1) is 13.2. The number of likely N-dealkylation sites (N-methyl/N-ethyl adjacent to an activating group) is 1. The average molecular weight is 371 g/mol. The standard InChI is InChI=1S/C19H25N5O3/c1-2-21-18(25)13-27-16-7-5-14(6-8-16)22-19(26)17-9-11-24(23-17)15-4-3-10-20-12-15/h5-9,11,15,20H,2-4,10,12-13H2,1H3,(H,21,25)(H,22,26). The summed E-state index contributed by atoms with van der Waals surface area (Å²) in [4.78, 5) is 23.8. The highest BCUT2D eigenvalue weighted by Crippen LogP contribution is 2.18. The third kappa shape index (κ3) is 5.30. The van der Waals surface area contributed by atoms with Crippen LogP contribution in [0.3, 0.4) is 0 Å². The molecular formula is C19H25N5O3. The summed E-state index contributed by atoms with van der Waals surface area (Å²) in [5.74, 6) is 0.139. The van der Waals surface area contributed by atoms with Crippen LogP contribution in [0.1, 0.15) is 36.3 Å². The van der Waals surface area contributed by atoms with E-state index in [1.54, 1.807) is 30.3 Å². The van der Waals surface area contributed by atoms with Gasteiger partial charge in [-0.2, -0.15) is 5.10 Å². The fourth-order valence-electron chi connectivity index (χ4n) is 2.95. The fourth-order valence-corrected chi connectivity index (χ4v) is 2.95. The number of aromatic nitrogens is 2. The van der Waals surface area contributed by atoms with Gasteiger partial charge in [-0.05, 0) is 56.6 Å². The number of nitrogens with one attached hydrogen (secondary N) is 3. The third-order valence-electron chi connectivity index (χ3n) is 4.34. The Labute approximate surface area is 158 Å². The minimum absolute atomic E-state index is 0.0347. The van der Waals surface area contributed by atoms with E-state index in [1.165, 1.54) is 0 Å². The molecule has 144 valence electrons. The number of benzene rings is 1. The van der Waals surface area contributed by atoms with Crippen LogP contribution in [-0.4, -0.2) is 47.8 Å². The van der Waals surface area contributed by atoms with Crippen molar-refractivity contribution in [2.75, 3.05) is 31.6 Å². The molecule has 2 aromatic rings. The molecule has 0 aliphatic carbocycles. The lowest BCUT2D eigenvalue weighted by atomic mass is 10.1. The molecule has 27 heavy (non-hydrogen) atoms. The van der Waals surface area contributed by atoms with Crippen LogP contribution in [0.15, 0.2) is 36.5 Å². The molecule has 1 atom stereocenters. The lowest BCUT2D eigenvalue weighted by Crippen LogP contribution is -2.32. The Kier molecular flexibility index (Phi) is 6.43. The Bertz CT molecular complexity index is 766. The second-order valence-corrected chi connectivity index (χ2v) is 6.40. The Balaban J connectivity index is 1.53. The van der Waals surface area contributed by atoms with Crippen LogP contribution in [0.25, 0.3) is 0 Å². The van der Waals surface area contributed by atoms with Crippen LogP contribution in [0.4, 0.5) is 5.69 Å². The summed E-state index contributed by atoms with van der Waals surface area (Å²) in [7, 11) is 0. The lowest BCUT2D eigenvalue weighted by molar-refractivity contribution is -0.122. The van der Waals surface area contributed by atoms with Gasteiger partial charge in [-0.25, -0.2) is 0 Å². The van der Waals surface area contributed by atoms with Gasteiger partial charge in [0.1, 0.15) is 5.75 Å². The second-order valence-electron chi connectivity index (χ2n) is 6.40. The Morgan fingerprint density at radius 2 is 2.11 bits per heavy atom. The average Bonchev–Trinajstić information content (AvgIpc) is 3.19. The molecule has 1 fully saturated rings. The SMILES string of the molecule is CCNC(=O)COc1ccc(NC(=O)c2ccn(C3CCCNC3)n2)cc1. The summed E-state index contributed by atoms with van der Waals surface area (Å²) in [6.45, 7) is 4.30. The first kappa shape index (κ1) is 18.9. The summed E-state index contributed by atoms with van der Waals surface area (Å²) < 4.78 is 7.25. The van der Waals surface area contributed by atoms with E-state index in [4.69, 9.17) is 4.74 Å². The van der Waals surface area contributed by atoms with Gasteiger partial charge in [0.25, 0.3) is 11.8 Å². The van der Waals surface area contributed by atoms with Crippen molar-refractivity contribution in [1.82, 2.24) is 20.4 Å². The van der Waals surface area contributed by atoms with Crippen molar-refractivity contribution in [2.24, 2.45) is 0 Å². The summed E-state index contributed by atoms with van der Waals surface area (Å²) in [5, 5.41) is 13.2. The fraction of sp³-hybridized carbons (Fsp3) is 0.421. The van der Waals surface area contributed by atoms with Crippen LogP contribution in [0.5, 0.6) is 5.75 Å². The Hall–Kier alpha value is -2.87. The number of hydrogen-bond donors (Lipinski definition) is 3. The molecule has 2 heterocycles. The molecule has 0 saturated carbocycles. The molecule has 1 aromatic carbocycles. The van der Waals surface area contributed by atoms with Gasteiger partial charge in [0.15, 0.2) is 12.3 Å². The zero-order valence-corrected chi connectivity index (χ0v) is 15.4. The predicted octanol–water partition coefficient (Wildman–Crippen LogP) is 1.57. The number of carbonyl (C=O) groups excluding carboxylic acids is 2. The third-order valence-corrected chi connectivity index (χ3v) is 4.34. The number of carbonyl (C=O) groups is 2. The maximum atomic E-state index is 12.4. The first-order valence-corrected chi connectivity index (χ1v) is 9.22. The molecule has 8 heteroatoms. The van der Waals surface area contributed by atoms with Crippen LogP contribution < -0.4 is 20.7 Å². The zero-order chi connectivity index (χ0) is 19.1. The van der Waals surface area contributed by atoms with E-state index in [9.17, 15) is 9.59 Å². The zero-order valence-electron chi connectivity index (χ0n) is 15.4. The Morgan fingerprint density at radius 1 is 1.30 bits per heavy atom. The number of ether oxygens (including phenoxy) is 1. The van der Waals surface area contributed by atoms with Crippen molar-refractivity contribution in [3.63, 3.8) is 0 Å². The number of amides is 2. The maximum absolute atomic E-state index is 12.4. The van der Waals surface area contributed by atoms with E-state index in [0.29, 0.717) is 29.7 Å². The number of nitrogens with zero attached hydrogens (tertiary/aromatic N) is 2. The number of rotatable bonds is 7. The molecule has 1 aromatic heterocycles. The normalized spacial score (nSPS) is 16.6. The van der Waals surface area contributed by atoms with Gasteiger partial charge in [-0.3, -0.25) is 14.3 Å². The molecule has 1 saturated heterocycles. The number of hydrogen-bond acceptors (Lipinski definition) is 5. The van der Waals surface area contributed by atoms with Gasteiger partial charge < -0.3 is 20.7 Å². The van der Waals surface area contributed by atoms with Crippen LogP contribution in [0, 0.1) is 0 Å². The van der Waals surface area contributed by atoms with E-state index >= 15 is 0 Å². The Morgan fingerprint density at radius 3 is 2.81 bits per heavy atom. The van der Waals surface area contributed by atoms with E-state index in [-0.39, 0.29) is 18.4 Å². The van der Waals surface area contributed by atoms with Crippen molar-refractivity contribution in [2.45, 2.75) is 25.8 Å². The van der Waals surface area contributed by atoms with E-state index < -0.39 is 0 Å². The van der Waals surface area contributed by atoms with E-state index in [1.807, 2.05) is 17.8 Å². The van der Waals surface area contributed by atoms with Gasteiger partial charge in [0.2, 0.25) is 0 Å². The van der Waals surface area contributed by atoms with Crippen molar-refractivity contribution >= 4 is 17.5 Å². The highest BCUT2D eigenvalue weighted by atomic mass is 16.5. The molecule has 1 aliphatic heterocycles. The van der Waals surface area contributed by atoms with Crippen molar-refractivity contribution < 1.29 is 14.3 Å². The summed E-state index contributed by atoms with van der Waals surface area (Å²) in [6.07, 6.45) is 4.03. The van der Waals surface area contributed by atoms with E-state index in [0.717, 1.165) is 25.9 Å². The molecule has 2 amide bonds. The highest BCUT2D eigenvalue weighted by Gasteiger charge is 2.17. The quantitative estimate of drug-likeness (QED) is 0.686. The van der Waals surface area contributed by atoms with Gasteiger partial charge in [-0.1, -0.05) is 0 Å². The highest BCUT2D eigenvalue weighted by molar-refractivity contribution is 6.02. The summed E-state index contributed by atoms with van der Waals surface area (Å²) in [5.41, 5.74) is 1.02. The largest absolute Gasteiger partial charge is 0.484 e. The molecule has 0 radical (unpaired) electrons. The maximum Gasteiger partial charge on any atom is 0.276 e. The van der Waals surface area contributed by atoms with Crippen molar-refractivity contribution in [1.29, 1.82) is 0 Å². The lowest BCUT2D eigenvalue weighted by Gasteiger charge is -2.22. The number of anilines is 1. The van der Waals surface area contributed by atoms with Gasteiger partial charge in [0.05, 0.1) is 6.04 Å². The molecule has 1 unspecified atom stereocenters. The smallest absolute Gasteiger partial charge is 0.276 e. The molecule has 3 rings (SSSR count). The molecule has 1 aliphatic rings. The monoisotopic (exact) mass is 371 g/mol. The van der Waals surface area contributed by atoms with Crippen LogP contribution >= 0.6 is 0 Å². The van der Waals surface area contributed by atoms with Crippen LogP contribution in [0.2, 0.25) is 0 Å². The van der Waals surface area contributed by atoms with Gasteiger partial charge in [-0.15, -0.1) is 0 Å². The molecule has 0 spiro atoms.